The van der Waals surface area contributed by atoms with E-state index in [1.165, 1.54) is 35.3 Å². The number of carboxylic acids is 1. The van der Waals surface area contributed by atoms with Gasteiger partial charge in [-0.2, -0.15) is 9.90 Å². The molecule has 0 saturated carbocycles. The number of amides is 1. The molecular weight excluding hydrogens is 291 g/mol. The predicted molar refractivity (Wildman–Crippen MR) is 75.0 cm³/mol. The Bertz CT molecular complexity index is 682. The zero-order valence-electron chi connectivity index (χ0n) is 12.0. The first-order valence-corrected chi connectivity index (χ1v) is 6.60. The molecule has 1 atom stereocenters. The summed E-state index contributed by atoms with van der Waals surface area (Å²) in [6.45, 7) is 3.38. The molecule has 0 fully saturated rings. The van der Waals surface area contributed by atoms with E-state index in [1.54, 1.807) is 13.8 Å². The SMILES string of the molecule is CC(C)C(NC(=O)c1cnn(-c2ccc(F)cc2)n1)C(=O)O. The molecule has 7 nitrogen and oxygen atoms in total. The van der Waals surface area contributed by atoms with Gasteiger partial charge in [0, 0.05) is 0 Å². The van der Waals surface area contributed by atoms with Crippen molar-refractivity contribution in [1.82, 2.24) is 20.3 Å². The van der Waals surface area contributed by atoms with Crippen molar-refractivity contribution in [2.75, 3.05) is 0 Å². The van der Waals surface area contributed by atoms with Gasteiger partial charge in [-0.05, 0) is 30.2 Å². The highest BCUT2D eigenvalue weighted by Gasteiger charge is 2.25. The molecule has 0 saturated heterocycles. The monoisotopic (exact) mass is 306 g/mol. The average Bonchev–Trinajstić information content (AvgIpc) is 2.94. The van der Waals surface area contributed by atoms with E-state index in [9.17, 15) is 14.0 Å². The largest absolute Gasteiger partial charge is 0.480 e. The van der Waals surface area contributed by atoms with E-state index in [-0.39, 0.29) is 11.6 Å². The first kappa shape index (κ1) is 15.6. The summed E-state index contributed by atoms with van der Waals surface area (Å²) in [5.74, 6) is -2.41. The van der Waals surface area contributed by atoms with E-state index >= 15 is 0 Å². The summed E-state index contributed by atoms with van der Waals surface area (Å²) >= 11 is 0. The van der Waals surface area contributed by atoms with Gasteiger partial charge < -0.3 is 10.4 Å². The van der Waals surface area contributed by atoms with Crippen molar-refractivity contribution in [3.63, 3.8) is 0 Å². The summed E-state index contributed by atoms with van der Waals surface area (Å²) in [4.78, 5) is 24.3. The van der Waals surface area contributed by atoms with Gasteiger partial charge in [0.25, 0.3) is 5.91 Å². The number of nitrogens with one attached hydrogen (secondary N) is 1. The predicted octanol–water partition coefficient (Wildman–Crippen LogP) is 1.25. The van der Waals surface area contributed by atoms with Gasteiger partial charge in [-0.25, -0.2) is 9.18 Å². The molecule has 0 radical (unpaired) electrons. The molecule has 8 heteroatoms. The molecule has 0 aliphatic heterocycles. The van der Waals surface area contributed by atoms with Gasteiger partial charge in [-0.15, -0.1) is 5.10 Å². The zero-order chi connectivity index (χ0) is 16.3. The number of aromatic nitrogens is 3. The lowest BCUT2D eigenvalue weighted by atomic mass is 10.0. The molecule has 2 aromatic rings. The smallest absolute Gasteiger partial charge is 0.326 e. The van der Waals surface area contributed by atoms with E-state index in [2.05, 4.69) is 15.5 Å². The van der Waals surface area contributed by atoms with Crippen LogP contribution in [0.15, 0.2) is 30.5 Å². The molecule has 22 heavy (non-hydrogen) atoms. The third kappa shape index (κ3) is 3.46. The number of nitrogens with zero attached hydrogens (tertiary/aromatic N) is 3. The number of halogens is 1. The van der Waals surface area contributed by atoms with Crippen molar-refractivity contribution in [3.8, 4) is 5.69 Å². The standard InChI is InChI=1S/C14H15FN4O3/c1-8(2)12(14(21)22)17-13(20)11-7-16-19(18-11)10-5-3-9(15)4-6-10/h3-8,12H,1-2H3,(H,17,20)(H,21,22). The molecular formula is C14H15FN4O3. The third-order valence-corrected chi connectivity index (χ3v) is 3.00. The number of carbonyl (C=O) groups excluding carboxylic acids is 1. The van der Waals surface area contributed by atoms with Crippen LogP contribution < -0.4 is 5.32 Å². The van der Waals surface area contributed by atoms with Gasteiger partial charge >= 0.3 is 5.97 Å². The molecule has 1 aromatic carbocycles. The molecule has 1 amide bonds. The van der Waals surface area contributed by atoms with Crippen molar-refractivity contribution in [1.29, 1.82) is 0 Å². The van der Waals surface area contributed by atoms with Crippen LogP contribution in [0, 0.1) is 11.7 Å². The number of carboxylic acid groups (broad SMARTS) is 1. The molecule has 2 rings (SSSR count). The van der Waals surface area contributed by atoms with Crippen LogP contribution in [0.4, 0.5) is 4.39 Å². The number of carbonyl (C=O) groups is 2. The Morgan fingerprint density at radius 1 is 1.27 bits per heavy atom. The van der Waals surface area contributed by atoms with Gasteiger partial charge in [0.15, 0.2) is 5.69 Å². The Balaban J connectivity index is 2.15. The summed E-state index contributed by atoms with van der Waals surface area (Å²) in [6.07, 6.45) is 1.22. The normalized spacial score (nSPS) is 12.2. The Morgan fingerprint density at radius 3 is 2.45 bits per heavy atom. The highest BCUT2D eigenvalue weighted by molar-refractivity contribution is 5.94. The van der Waals surface area contributed by atoms with Gasteiger partial charge in [0.2, 0.25) is 0 Å². The molecule has 1 unspecified atom stereocenters. The van der Waals surface area contributed by atoms with Crippen molar-refractivity contribution in [3.05, 3.63) is 42.0 Å². The maximum Gasteiger partial charge on any atom is 0.326 e. The summed E-state index contributed by atoms with van der Waals surface area (Å²) in [5.41, 5.74) is 0.468. The van der Waals surface area contributed by atoms with Crippen molar-refractivity contribution in [2.24, 2.45) is 5.92 Å². The molecule has 0 spiro atoms. The number of hydrogen-bond acceptors (Lipinski definition) is 4. The molecule has 2 N–H and O–H groups in total. The number of aliphatic carboxylic acids is 1. The van der Waals surface area contributed by atoms with Crippen LogP contribution in [0.1, 0.15) is 24.3 Å². The summed E-state index contributed by atoms with van der Waals surface area (Å²) < 4.78 is 12.9. The van der Waals surface area contributed by atoms with Crippen molar-refractivity contribution >= 4 is 11.9 Å². The van der Waals surface area contributed by atoms with Crippen LogP contribution in [0.5, 0.6) is 0 Å². The van der Waals surface area contributed by atoms with E-state index < -0.39 is 23.7 Å². The lowest BCUT2D eigenvalue weighted by molar-refractivity contribution is -0.140. The fourth-order valence-corrected chi connectivity index (χ4v) is 1.79. The fraction of sp³-hybridized carbons (Fsp3) is 0.286. The van der Waals surface area contributed by atoms with Crippen LogP contribution >= 0.6 is 0 Å². The fourth-order valence-electron chi connectivity index (χ4n) is 1.79. The van der Waals surface area contributed by atoms with Gasteiger partial charge in [-0.1, -0.05) is 13.8 Å². The Kier molecular flexibility index (Phi) is 4.50. The van der Waals surface area contributed by atoms with Crippen LogP contribution in [0.25, 0.3) is 5.69 Å². The second kappa shape index (κ2) is 6.33. The van der Waals surface area contributed by atoms with E-state index in [4.69, 9.17) is 5.11 Å². The lowest BCUT2D eigenvalue weighted by Gasteiger charge is -2.16. The Hall–Kier alpha value is -2.77. The maximum absolute atomic E-state index is 12.9. The zero-order valence-corrected chi connectivity index (χ0v) is 12.0. The quantitative estimate of drug-likeness (QED) is 0.866. The van der Waals surface area contributed by atoms with Crippen LogP contribution in [0.3, 0.4) is 0 Å². The van der Waals surface area contributed by atoms with Crippen LogP contribution in [-0.2, 0) is 4.79 Å². The summed E-state index contributed by atoms with van der Waals surface area (Å²) in [5, 5.41) is 19.3. The van der Waals surface area contributed by atoms with Gasteiger partial charge in [0.1, 0.15) is 11.9 Å². The third-order valence-electron chi connectivity index (χ3n) is 3.00. The second-order valence-corrected chi connectivity index (χ2v) is 5.03. The van der Waals surface area contributed by atoms with E-state index in [0.29, 0.717) is 5.69 Å². The minimum atomic E-state index is -1.12. The molecule has 1 heterocycles. The van der Waals surface area contributed by atoms with Crippen LogP contribution in [0.2, 0.25) is 0 Å². The van der Waals surface area contributed by atoms with E-state index in [1.807, 2.05) is 0 Å². The molecule has 1 aromatic heterocycles. The average molecular weight is 306 g/mol. The molecule has 0 aliphatic rings. The highest BCUT2D eigenvalue weighted by atomic mass is 19.1. The first-order valence-electron chi connectivity index (χ1n) is 6.60. The number of rotatable bonds is 5. The Labute approximate surface area is 125 Å². The first-order chi connectivity index (χ1) is 10.4. The second-order valence-electron chi connectivity index (χ2n) is 5.03. The minimum Gasteiger partial charge on any atom is -0.480 e. The minimum absolute atomic E-state index is 0.0174. The maximum atomic E-state index is 12.9. The van der Waals surface area contributed by atoms with Crippen LogP contribution in [-0.4, -0.2) is 38.0 Å². The van der Waals surface area contributed by atoms with Crippen molar-refractivity contribution in [2.45, 2.75) is 19.9 Å². The van der Waals surface area contributed by atoms with E-state index in [0.717, 1.165) is 0 Å². The van der Waals surface area contributed by atoms with Gasteiger partial charge in [-0.3, -0.25) is 4.79 Å². The number of hydrogen-bond donors (Lipinski definition) is 2. The highest BCUT2D eigenvalue weighted by Crippen LogP contribution is 2.08. The van der Waals surface area contributed by atoms with Gasteiger partial charge in [0.05, 0.1) is 11.9 Å². The molecule has 116 valence electrons. The number of benzene rings is 1. The molecule has 0 aliphatic carbocycles. The summed E-state index contributed by atoms with van der Waals surface area (Å²) in [6, 6.07) is 4.41. The lowest BCUT2D eigenvalue weighted by Crippen LogP contribution is -2.44. The van der Waals surface area contributed by atoms with Crippen molar-refractivity contribution < 1.29 is 19.1 Å². The topological polar surface area (TPSA) is 97.1 Å². The summed E-state index contributed by atoms with van der Waals surface area (Å²) in [7, 11) is 0. The molecule has 0 bridgehead atoms. The Morgan fingerprint density at radius 2 is 1.91 bits per heavy atom.